The van der Waals surface area contributed by atoms with Crippen LogP contribution < -0.4 is 0 Å². The molecule has 0 radical (unpaired) electrons. The molecule has 0 aromatic heterocycles. The lowest BCUT2D eigenvalue weighted by molar-refractivity contribution is -0.373. The van der Waals surface area contributed by atoms with Gasteiger partial charge in [0.05, 0.1) is 13.2 Å². The average Bonchev–Trinajstić information content (AvgIpc) is 2.54. The molecule has 132 valence electrons. The first-order valence-electron chi connectivity index (χ1n) is 8.45. The third-order valence-corrected chi connectivity index (χ3v) is 3.18. The maximum absolute atomic E-state index is 5.76. The van der Waals surface area contributed by atoms with Gasteiger partial charge in [0.1, 0.15) is 5.76 Å². The highest BCUT2D eigenvalue weighted by Crippen LogP contribution is 2.24. The van der Waals surface area contributed by atoms with E-state index in [0.29, 0.717) is 26.2 Å². The first kappa shape index (κ1) is 21.4. The van der Waals surface area contributed by atoms with Gasteiger partial charge in [-0.3, -0.25) is 0 Å². The molecule has 1 atom stereocenters. The molecule has 1 unspecified atom stereocenters. The van der Waals surface area contributed by atoms with Gasteiger partial charge in [-0.25, -0.2) is 0 Å². The van der Waals surface area contributed by atoms with Gasteiger partial charge in [0.25, 0.3) is 5.97 Å². The molecular formula is C17H34O5. The zero-order valence-corrected chi connectivity index (χ0v) is 15.0. The van der Waals surface area contributed by atoms with E-state index in [1.165, 1.54) is 0 Å². The summed E-state index contributed by atoms with van der Waals surface area (Å²) in [5.74, 6) is -0.125. The molecule has 0 saturated carbocycles. The van der Waals surface area contributed by atoms with Crippen LogP contribution in [-0.4, -0.2) is 32.9 Å². The first-order chi connectivity index (χ1) is 10.7. The van der Waals surface area contributed by atoms with Crippen LogP contribution in [0.1, 0.15) is 66.2 Å². The van der Waals surface area contributed by atoms with Crippen molar-refractivity contribution in [1.29, 1.82) is 0 Å². The molecule has 0 aliphatic rings. The Morgan fingerprint density at radius 2 is 1.77 bits per heavy atom. The third-order valence-electron chi connectivity index (χ3n) is 3.18. The molecule has 0 bridgehead atoms. The van der Waals surface area contributed by atoms with Crippen molar-refractivity contribution in [3.05, 3.63) is 11.8 Å². The van der Waals surface area contributed by atoms with Crippen molar-refractivity contribution in [2.75, 3.05) is 26.9 Å². The van der Waals surface area contributed by atoms with Crippen LogP contribution in [0.15, 0.2) is 11.8 Å². The second kappa shape index (κ2) is 14.0. The van der Waals surface area contributed by atoms with Gasteiger partial charge in [-0.05, 0) is 39.2 Å². The molecule has 0 aromatic rings. The topological polar surface area (TPSA) is 46.2 Å². The Morgan fingerprint density at radius 3 is 2.32 bits per heavy atom. The van der Waals surface area contributed by atoms with Crippen LogP contribution in [0.3, 0.4) is 0 Å². The van der Waals surface area contributed by atoms with Crippen molar-refractivity contribution in [3.63, 3.8) is 0 Å². The number of hydrogen-bond donors (Lipinski definition) is 0. The minimum absolute atomic E-state index is 0.546. The summed E-state index contributed by atoms with van der Waals surface area (Å²) in [5.41, 5.74) is 0. The van der Waals surface area contributed by atoms with Crippen molar-refractivity contribution in [3.8, 4) is 0 Å². The molecule has 0 heterocycles. The molecule has 5 nitrogen and oxygen atoms in total. The highest BCUT2D eigenvalue weighted by molar-refractivity contribution is 4.89. The van der Waals surface area contributed by atoms with Gasteiger partial charge >= 0.3 is 0 Å². The minimum atomic E-state index is -0.952. The van der Waals surface area contributed by atoms with Crippen molar-refractivity contribution in [1.82, 2.24) is 0 Å². The predicted octanol–water partition coefficient (Wildman–Crippen LogP) is 4.57. The Kier molecular flexibility index (Phi) is 13.6. The molecule has 0 fully saturated rings. The summed E-state index contributed by atoms with van der Waals surface area (Å²) in [7, 11) is 1.62. The van der Waals surface area contributed by atoms with Crippen LogP contribution in [0.5, 0.6) is 0 Å². The molecule has 22 heavy (non-hydrogen) atoms. The van der Waals surface area contributed by atoms with Gasteiger partial charge < -0.3 is 19.1 Å². The van der Waals surface area contributed by atoms with Crippen LogP contribution in [0.25, 0.3) is 0 Å². The molecule has 0 aliphatic heterocycles. The molecule has 0 saturated heterocycles. The first-order valence-corrected chi connectivity index (χ1v) is 8.45. The SMILES string of the molecule is CC=C(CCCC(OC)(OCC)OCCC)OOCCCC. The Balaban J connectivity index is 4.22. The van der Waals surface area contributed by atoms with Crippen LogP contribution in [0.4, 0.5) is 0 Å². The van der Waals surface area contributed by atoms with E-state index in [1.807, 2.05) is 19.9 Å². The van der Waals surface area contributed by atoms with E-state index < -0.39 is 5.97 Å². The monoisotopic (exact) mass is 318 g/mol. The van der Waals surface area contributed by atoms with Crippen LogP contribution in [-0.2, 0) is 24.0 Å². The number of methoxy groups -OCH3 is 1. The Hall–Kier alpha value is -0.620. The highest BCUT2D eigenvalue weighted by atomic mass is 17.2. The molecule has 0 aromatic carbocycles. The van der Waals surface area contributed by atoms with E-state index >= 15 is 0 Å². The smallest absolute Gasteiger partial charge is 0.282 e. The lowest BCUT2D eigenvalue weighted by Crippen LogP contribution is -2.38. The van der Waals surface area contributed by atoms with Crippen molar-refractivity contribution >= 4 is 0 Å². The van der Waals surface area contributed by atoms with E-state index in [0.717, 1.165) is 37.9 Å². The summed E-state index contributed by atoms with van der Waals surface area (Å²) in [6.07, 6.45) is 7.17. The largest absolute Gasteiger partial charge is 0.342 e. The Bertz CT molecular complexity index is 280. The van der Waals surface area contributed by atoms with Crippen LogP contribution >= 0.6 is 0 Å². The summed E-state index contributed by atoms with van der Waals surface area (Å²) in [5, 5.41) is 0. The number of rotatable bonds is 15. The summed E-state index contributed by atoms with van der Waals surface area (Å²) >= 11 is 0. The summed E-state index contributed by atoms with van der Waals surface area (Å²) in [4.78, 5) is 10.5. The molecule has 0 aliphatic carbocycles. The van der Waals surface area contributed by atoms with Crippen LogP contribution in [0, 0.1) is 0 Å². The number of unbranched alkanes of at least 4 members (excludes halogenated alkanes) is 1. The molecule has 0 N–H and O–H groups in total. The van der Waals surface area contributed by atoms with Gasteiger partial charge in [0.2, 0.25) is 0 Å². The molecule has 0 amide bonds. The molecule has 5 heteroatoms. The Labute approximate surface area is 135 Å². The molecule has 0 rings (SSSR count). The lowest BCUT2D eigenvalue weighted by atomic mass is 10.2. The zero-order chi connectivity index (χ0) is 16.7. The van der Waals surface area contributed by atoms with E-state index in [9.17, 15) is 0 Å². The Morgan fingerprint density at radius 1 is 1.00 bits per heavy atom. The zero-order valence-electron chi connectivity index (χ0n) is 15.0. The fourth-order valence-electron chi connectivity index (χ4n) is 1.92. The summed E-state index contributed by atoms with van der Waals surface area (Å²) in [6, 6.07) is 0. The minimum Gasteiger partial charge on any atom is -0.342 e. The standard InChI is InChI=1S/C17H34O5/c1-6-10-15-21-22-16(8-3)12-11-13-17(18-5,19-9-4)20-14-7-2/h8H,6-7,9-15H2,1-5H3. The number of hydrogen-bond acceptors (Lipinski definition) is 5. The molecular weight excluding hydrogens is 284 g/mol. The number of allylic oxidation sites excluding steroid dienone is 2. The van der Waals surface area contributed by atoms with Crippen molar-refractivity contribution < 1.29 is 24.0 Å². The maximum Gasteiger partial charge on any atom is 0.282 e. The quantitative estimate of drug-likeness (QED) is 0.145. The second-order valence-electron chi connectivity index (χ2n) is 5.04. The van der Waals surface area contributed by atoms with Gasteiger partial charge in [0.15, 0.2) is 0 Å². The van der Waals surface area contributed by atoms with Gasteiger partial charge in [-0.15, -0.1) is 0 Å². The maximum atomic E-state index is 5.76. The highest BCUT2D eigenvalue weighted by Gasteiger charge is 2.31. The van der Waals surface area contributed by atoms with Gasteiger partial charge in [-0.1, -0.05) is 20.3 Å². The average molecular weight is 318 g/mol. The van der Waals surface area contributed by atoms with Gasteiger partial charge in [0, 0.05) is 26.6 Å². The van der Waals surface area contributed by atoms with E-state index in [2.05, 4.69) is 13.8 Å². The molecule has 0 spiro atoms. The van der Waals surface area contributed by atoms with Crippen LogP contribution in [0.2, 0.25) is 0 Å². The fraction of sp³-hybridized carbons (Fsp3) is 0.882. The van der Waals surface area contributed by atoms with Gasteiger partial charge in [-0.2, -0.15) is 4.89 Å². The van der Waals surface area contributed by atoms with E-state index in [1.54, 1.807) is 7.11 Å². The lowest BCUT2D eigenvalue weighted by Gasteiger charge is -2.31. The predicted molar refractivity (Wildman–Crippen MR) is 87.2 cm³/mol. The van der Waals surface area contributed by atoms with Crippen molar-refractivity contribution in [2.24, 2.45) is 0 Å². The van der Waals surface area contributed by atoms with E-state index in [-0.39, 0.29) is 0 Å². The fourth-order valence-corrected chi connectivity index (χ4v) is 1.92. The summed E-state index contributed by atoms with van der Waals surface area (Å²) in [6.45, 7) is 9.84. The second-order valence-corrected chi connectivity index (χ2v) is 5.04. The summed E-state index contributed by atoms with van der Waals surface area (Å²) < 4.78 is 16.9. The van der Waals surface area contributed by atoms with E-state index in [4.69, 9.17) is 24.0 Å². The normalized spacial score (nSPS) is 14.9. The number of ether oxygens (including phenoxy) is 3. The third kappa shape index (κ3) is 9.41. The van der Waals surface area contributed by atoms with Crippen molar-refractivity contribution in [2.45, 2.75) is 72.2 Å².